The molecule has 2 rings (SSSR count). The van der Waals surface area contributed by atoms with Crippen LogP contribution in [0.5, 0.6) is 5.75 Å². The topological polar surface area (TPSA) is 52.6 Å². The van der Waals surface area contributed by atoms with E-state index in [4.69, 9.17) is 0 Å². The molecule has 4 nitrogen and oxygen atoms in total. The van der Waals surface area contributed by atoms with Gasteiger partial charge in [0.15, 0.2) is 0 Å². The number of phenolic OH excluding ortho intramolecular Hbond substituents is 1. The van der Waals surface area contributed by atoms with Gasteiger partial charge in [-0.1, -0.05) is 42.0 Å². The maximum absolute atomic E-state index is 12.5. The first-order chi connectivity index (χ1) is 11.0. The standard InChI is InChI=1S/C19H24N2O2/c1-14-5-4-6-16(13-14)18(21(2)3)19(23)20-12-11-15-7-9-17(22)10-8-15/h4-10,13,18,22H,11-12H2,1-3H3,(H,20,23). The van der Waals surface area contributed by atoms with Crippen LogP contribution in [-0.4, -0.2) is 36.6 Å². The monoisotopic (exact) mass is 312 g/mol. The normalized spacial score (nSPS) is 12.2. The maximum atomic E-state index is 12.5. The third-order valence-corrected chi connectivity index (χ3v) is 3.77. The lowest BCUT2D eigenvalue weighted by atomic mass is 10.0. The van der Waals surface area contributed by atoms with Crippen molar-refractivity contribution in [1.29, 1.82) is 0 Å². The molecule has 1 amide bonds. The van der Waals surface area contributed by atoms with E-state index in [0.29, 0.717) is 6.54 Å². The number of benzene rings is 2. The van der Waals surface area contributed by atoms with Crippen LogP contribution < -0.4 is 5.32 Å². The lowest BCUT2D eigenvalue weighted by Gasteiger charge is -2.24. The summed E-state index contributed by atoms with van der Waals surface area (Å²) in [6, 6.07) is 14.8. The Labute approximate surface area is 137 Å². The zero-order chi connectivity index (χ0) is 16.8. The highest BCUT2D eigenvalue weighted by molar-refractivity contribution is 5.83. The van der Waals surface area contributed by atoms with Crippen LogP contribution in [0, 0.1) is 6.92 Å². The molecule has 0 saturated carbocycles. The van der Waals surface area contributed by atoms with Gasteiger partial charge in [-0.25, -0.2) is 0 Å². The fraction of sp³-hybridized carbons (Fsp3) is 0.316. The minimum Gasteiger partial charge on any atom is -0.508 e. The van der Waals surface area contributed by atoms with Crippen molar-refractivity contribution >= 4 is 5.91 Å². The van der Waals surface area contributed by atoms with Crippen LogP contribution in [0.15, 0.2) is 48.5 Å². The van der Waals surface area contributed by atoms with Crippen molar-refractivity contribution < 1.29 is 9.90 Å². The summed E-state index contributed by atoms with van der Waals surface area (Å²) < 4.78 is 0. The van der Waals surface area contributed by atoms with Crippen LogP contribution in [0.2, 0.25) is 0 Å². The fourth-order valence-electron chi connectivity index (χ4n) is 2.61. The Bertz CT molecular complexity index is 651. The molecule has 0 aromatic heterocycles. The molecule has 0 aliphatic heterocycles. The molecule has 0 aliphatic carbocycles. The van der Waals surface area contributed by atoms with Gasteiger partial charge in [0.05, 0.1) is 0 Å². The summed E-state index contributed by atoms with van der Waals surface area (Å²) in [6.07, 6.45) is 0.736. The van der Waals surface area contributed by atoms with Crippen molar-refractivity contribution in [2.24, 2.45) is 0 Å². The number of hydrogen-bond acceptors (Lipinski definition) is 3. The third-order valence-electron chi connectivity index (χ3n) is 3.77. The van der Waals surface area contributed by atoms with Crippen molar-refractivity contribution in [3.05, 3.63) is 65.2 Å². The van der Waals surface area contributed by atoms with E-state index < -0.39 is 0 Å². The number of phenols is 1. The van der Waals surface area contributed by atoms with Gasteiger partial charge in [-0.15, -0.1) is 0 Å². The Kier molecular flexibility index (Phi) is 5.77. The first-order valence-corrected chi connectivity index (χ1v) is 7.76. The molecule has 0 saturated heterocycles. The summed E-state index contributed by atoms with van der Waals surface area (Å²) >= 11 is 0. The van der Waals surface area contributed by atoms with Crippen molar-refractivity contribution in [2.75, 3.05) is 20.6 Å². The largest absolute Gasteiger partial charge is 0.508 e. The smallest absolute Gasteiger partial charge is 0.241 e. The number of hydrogen-bond donors (Lipinski definition) is 2. The molecular weight excluding hydrogens is 288 g/mol. The molecule has 2 aromatic carbocycles. The van der Waals surface area contributed by atoms with E-state index in [1.165, 1.54) is 0 Å². The quantitative estimate of drug-likeness (QED) is 0.862. The number of nitrogens with zero attached hydrogens (tertiary/aromatic N) is 1. The van der Waals surface area contributed by atoms with E-state index in [0.717, 1.165) is 23.1 Å². The zero-order valence-electron chi connectivity index (χ0n) is 13.9. The average molecular weight is 312 g/mol. The Morgan fingerprint density at radius 1 is 1.17 bits per heavy atom. The second-order valence-corrected chi connectivity index (χ2v) is 5.99. The van der Waals surface area contributed by atoms with Gasteiger partial charge >= 0.3 is 0 Å². The number of aromatic hydroxyl groups is 1. The summed E-state index contributed by atoms with van der Waals surface area (Å²) in [5.74, 6) is 0.254. The zero-order valence-corrected chi connectivity index (χ0v) is 13.9. The summed E-state index contributed by atoms with van der Waals surface area (Å²) in [6.45, 7) is 2.60. The van der Waals surface area contributed by atoms with Crippen molar-refractivity contribution in [3.63, 3.8) is 0 Å². The molecule has 4 heteroatoms. The predicted octanol–water partition coefficient (Wildman–Crippen LogP) is 2.66. The van der Waals surface area contributed by atoms with Gasteiger partial charge in [-0.3, -0.25) is 9.69 Å². The van der Waals surface area contributed by atoms with Gasteiger partial charge < -0.3 is 10.4 Å². The first kappa shape index (κ1) is 17.0. The average Bonchev–Trinajstić information content (AvgIpc) is 2.49. The summed E-state index contributed by atoms with van der Waals surface area (Å²) in [5.41, 5.74) is 3.23. The van der Waals surface area contributed by atoms with Crippen molar-refractivity contribution in [3.8, 4) is 5.75 Å². The van der Waals surface area contributed by atoms with Gasteiger partial charge in [0.1, 0.15) is 11.8 Å². The van der Waals surface area contributed by atoms with Crippen LogP contribution in [0.25, 0.3) is 0 Å². The molecule has 1 unspecified atom stereocenters. The van der Waals surface area contributed by atoms with E-state index in [2.05, 4.69) is 5.32 Å². The van der Waals surface area contributed by atoms with Crippen LogP contribution in [0.4, 0.5) is 0 Å². The SMILES string of the molecule is Cc1cccc(C(C(=O)NCCc2ccc(O)cc2)N(C)C)c1. The third kappa shape index (κ3) is 4.83. The molecule has 0 bridgehead atoms. The number of carbonyl (C=O) groups is 1. The Morgan fingerprint density at radius 2 is 1.87 bits per heavy atom. The first-order valence-electron chi connectivity index (χ1n) is 7.76. The Balaban J connectivity index is 1.97. The molecule has 23 heavy (non-hydrogen) atoms. The highest BCUT2D eigenvalue weighted by Crippen LogP contribution is 2.19. The minimum absolute atomic E-state index is 0.000576. The van der Waals surface area contributed by atoms with Gasteiger partial charge in [0.25, 0.3) is 0 Å². The lowest BCUT2D eigenvalue weighted by molar-refractivity contribution is -0.125. The number of nitrogens with one attached hydrogen (secondary N) is 1. The predicted molar refractivity (Wildman–Crippen MR) is 92.4 cm³/mol. The van der Waals surface area contributed by atoms with Crippen molar-refractivity contribution in [2.45, 2.75) is 19.4 Å². The molecule has 0 fully saturated rings. The molecule has 122 valence electrons. The van der Waals surface area contributed by atoms with Crippen LogP contribution in [-0.2, 0) is 11.2 Å². The lowest BCUT2D eigenvalue weighted by Crippen LogP contribution is -2.37. The summed E-state index contributed by atoms with van der Waals surface area (Å²) in [5, 5.41) is 12.3. The second-order valence-electron chi connectivity index (χ2n) is 5.99. The Morgan fingerprint density at radius 3 is 2.48 bits per heavy atom. The highest BCUT2D eigenvalue weighted by atomic mass is 16.3. The number of likely N-dealkylation sites (N-methyl/N-ethyl adjacent to an activating group) is 1. The van der Waals surface area contributed by atoms with Crippen LogP contribution in [0.3, 0.4) is 0 Å². The number of aryl methyl sites for hydroxylation is 1. The maximum Gasteiger partial charge on any atom is 0.241 e. The molecule has 2 aromatic rings. The number of amides is 1. The van der Waals surface area contributed by atoms with Gasteiger partial charge in [0.2, 0.25) is 5.91 Å². The van der Waals surface area contributed by atoms with E-state index >= 15 is 0 Å². The Hall–Kier alpha value is -2.33. The molecule has 0 spiro atoms. The van der Waals surface area contributed by atoms with Gasteiger partial charge in [-0.05, 0) is 50.7 Å². The number of carbonyl (C=O) groups excluding carboxylic acids is 1. The molecule has 0 radical (unpaired) electrons. The summed E-state index contributed by atoms with van der Waals surface area (Å²) in [4.78, 5) is 14.5. The second kappa shape index (κ2) is 7.79. The molecule has 1 atom stereocenters. The van der Waals surface area contributed by atoms with E-state index in [1.54, 1.807) is 12.1 Å². The van der Waals surface area contributed by atoms with E-state index in [9.17, 15) is 9.90 Å². The van der Waals surface area contributed by atoms with E-state index in [-0.39, 0.29) is 17.7 Å². The molecule has 2 N–H and O–H groups in total. The number of rotatable bonds is 6. The molecule has 0 aliphatic rings. The van der Waals surface area contributed by atoms with Crippen molar-refractivity contribution in [1.82, 2.24) is 10.2 Å². The van der Waals surface area contributed by atoms with Gasteiger partial charge in [-0.2, -0.15) is 0 Å². The van der Waals surface area contributed by atoms with Crippen LogP contribution >= 0.6 is 0 Å². The molecular formula is C19H24N2O2. The minimum atomic E-state index is -0.297. The van der Waals surface area contributed by atoms with Crippen LogP contribution in [0.1, 0.15) is 22.7 Å². The van der Waals surface area contributed by atoms with Gasteiger partial charge in [0, 0.05) is 6.54 Å². The fourth-order valence-corrected chi connectivity index (χ4v) is 2.61. The van der Waals surface area contributed by atoms with E-state index in [1.807, 2.05) is 62.3 Å². The molecule has 0 heterocycles. The highest BCUT2D eigenvalue weighted by Gasteiger charge is 2.22. The summed E-state index contributed by atoms with van der Waals surface area (Å²) in [7, 11) is 3.82.